The quantitative estimate of drug-likeness (QED) is 0.732. The van der Waals surface area contributed by atoms with Gasteiger partial charge in [0.2, 0.25) is 0 Å². The zero-order valence-corrected chi connectivity index (χ0v) is 11.8. The number of nitrogens with two attached hydrogens (primary N) is 1. The second kappa shape index (κ2) is 5.19. The molecular formula is C15H10Cl2N2O. The molecule has 100 valence electrons. The summed E-state index contributed by atoms with van der Waals surface area (Å²) in [4.78, 5) is 0. The number of anilines is 1. The van der Waals surface area contributed by atoms with Crippen molar-refractivity contribution in [3.05, 3.63) is 58.6 Å². The SMILES string of the molecule is Nc1noc(-c2cccc(Cl)c2)c1-c1cccc(Cl)c1. The molecule has 1 heterocycles. The fourth-order valence-corrected chi connectivity index (χ4v) is 2.43. The highest BCUT2D eigenvalue weighted by atomic mass is 35.5. The lowest BCUT2D eigenvalue weighted by Crippen LogP contribution is -1.88. The van der Waals surface area contributed by atoms with Gasteiger partial charge in [0.15, 0.2) is 11.6 Å². The first-order valence-electron chi connectivity index (χ1n) is 5.92. The van der Waals surface area contributed by atoms with Crippen molar-refractivity contribution in [2.75, 3.05) is 5.73 Å². The van der Waals surface area contributed by atoms with Gasteiger partial charge < -0.3 is 10.3 Å². The Morgan fingerprint density at radius 3 is 2.15 bits per heavy atom. The van der Waals surface area contributed by atoms with Gasteiger partial charge in [-0.15, -0.1) is 0 Å². The zero-order chi connectivity index (χ0) is 14.1. The van der Waals surface area contributed by atoms with Crippen molar-refractivity contribution in [2.24, 2.45) is 0 Å². The van der Waals surface area contributed by atoms with Gasteiger partial charge in [-0.2, -0.15) is 0 Å². The number of hydrogen-bond donors (Lipinski definition) is 1. The Kier molecular flexibility index (Phi) is 3.38. The first kappa shape index (κ1) is 13.0. The average Bonchev–Trinajstić information content (AvgIpc) is 2.80. The van der Waals surface area contributed by atoms with E-state index >= 15 is 0 Å². The van der Waals surface area contributed by atoms with Gasteiger partial charge in [0.05, 0.1) is 5.56 Å². The Morgan fingerprint density at radius 1 is 0.900 bits per heavy atom. The van der Waals surface area contributed by atoms with Crippen molar-refractivity contribution < 1.29 is 4.52 Å². The van der Waals surface area contributed by atoms with E-state index in [1.54, 1.807) is 18.2 Å². The predicted molar refractivity (Wildman–Crippen MR) is 81.8 cm³/mol. The fraction of sp³-hybridized carbons (Fsp3) is 0. The van der Waals surface area contributed by atoms with Crippen LogP contribution in [0.1, 0.15) is 0 Å². The molecular weight excluding hydrogens is 295 g/mol. The standard InChI is InChI=1S/C15H10Cl2N2O/c16-11-5-1-3-9(7-11)13-14(20-19-15(13)18)10-4-2-6-12(17)8-10/h1-8H,(H2,18,19). The Labute approximate surface area is 125 Å². The summed E-state index contributed by atoms with van der Waals surface area (Å²) in [6, 6.07) is 14.7. The van der Waals surface area contributed by atoms with E-state index in [9.17, 15) is 0 Å². The van der Waals surface area contributed by atoms with Crippen LogP contribution in [0.2, 0.25) is 10.0 Å². The first-order valence-corrected chi connectivity index (χ1v) is 6.68. The number of nitrogen functional groups attached to an aromatic ring is 1. The van der Waals surface area contributed by atoms with Crippen LogP contribution in [-0.2, 0) is 0 Å². The normalized spacial score (nSPS) is 10.7. The number of aromatic nitrogens is 1. The summed E-state index contributed by atoms with van der Waals surface area (Å²) in [5.74, 6) is 0.898. The summed E-state index contributed by atoms with van der Waals surface area (Å²) in [6.07, 6.45) is 0. The van der Waals surface area contributed by atoms with Crippen LogP contribution < -0.4 is 5.73 Å². The highest BCUT2D eigenvalue weighted by molar-refractivity contribution is 6.31. The second-order valence-corrected chi connectivity index (χ2v) is 5.17. The average molecular weight is 305 g/mol. The molecule has 2 N–H and O–H groups in total. The van der Waals surface area contributed by atoms with Crippen molar-refractivity contribution in [3.8, 4) is 22.5 Å². The van der Waals surface area contributed by atoms with Crippen LogP contribution >= 0.6 is 23.2 Å². The van der Waals surface area contributed by atoms with E-state index in [0.717, 1.165) is 16.7 Å². The zero-order valence-electron chi connectivity index (χ0n) is 10.3. The summed E-state index contributed by atoms with van der Waals surface area (Å²) in [5.41, 5.74) is 8.30. The molecule has 3 aromatic rings. The lowest BCUT2D eigenvalue weighted by Gasteiger charge is -2.03. The van der Waals surface area contributed by atoms with Gasteiger partial charge in [0.1, 0.15) is 0 Å². The molecule has 0 aliphatic carbocycles. The molecule has 0 bridgehead atoms. The molecule has 0 saturated carbocycles. The fourth-order valence-electron chi connectivity index (χ4n) is 2.05. The van der Waals surface area contributed by atoms with E-state index in [1.807, 2.05) is 30.3 Å². The number of benzene rings is 2. The minimum Gasteiger partial charge on any atom is -0.380 e. The molecule has 0 saturated heterocycles. The number of rotatable bonds is 2. The van der Waals surface area contributed by atoms with Crippen LogP contribution in [-0.4, -0.2) is 5.16 Å². The topological polar surface area (TPSA) is 52.0 Å². The van der Waals surface area contributed by atoms with Gasteiger partial charge in [0, 0.05) is 15.6 Å². The third kappa shape index (κ3) is 2.38. The molecule has 0 aliphatic rings. The van der Waals surface area contributed by atoms with Gasteiger partial charge in [-0.1, -0.05) is 52.6 Å². The van der Waals surface area contributed by atoms with Crippen LogP contribution in [0.25, 0.3) is 22.5 Å². The molecule has 0 spiro atoms. The Hall–Kier alpha value is -1.97. The summed E-state index contributed by atoms with van der Waals surface area (Å²) >= 11 is 12.0. The minimum atomic E-state index is 0.322. The predicted octanol–water partition coefficient (Wildman–Crippen LogP) is 4.90. The Bertz CT molecular complexity index is 768. The molecule has 0 unspecified atom stereocenters. The van der Waals surface area contributed by atoms with Crippen LogP contribution in [0.3, 0.4) is 0 Å². The first-order chi connectivity index (χ1) is 9.65. The van der Waals surface area contributed by atoms with Crippen LogP contribution in [0.15, 0.2) is 53.1 Å². The Morgan fingerprint density at radius 2 is 1.50 bits per heavy atom. The summed E-state index contributed by atoms with van der Waals surface area (Å²) < 4.78 is 5.35. The van der Waals surface area contributed by atoms with Gasteiger partial charge >= 0.3 is 0 Å². The van der Waals surface area contributed by atoms with Crippen molar-refractivity contribution >= 4 is 29.0 Å². The van der Waals surface area contributed by atoms with Crippen molar-refractivity contribution in [3.63, 3.8) is 0 Å². The molecule has 0 atom stereocenters. The van der Waals surface area contributed by atoms with Gasteiger partial charge in [-0.05, 0) is 29.8 Å². The van der Waals surface area contributed by atoms with Crippen LogP contribution in [0.4, 0.5) is 5.82 Å². The molecule has 3 nitrogen and oxygen atoms in total. The molecule has 0 radical (unpaired) electrons. The van der Waals surface area contributed by atoms with Crippen molar-refractivity contribution in [1.29, 1.82) is 0 Å². The third-order valence-electron chi connectivity index (χ3n) is 2.92. The maximum atomic E-state index is 6.02. The van der Waals surface area contributed by atoms with Crippen molar-refractivity contribution in [1.82, 2.24) is 5.16 Å². The van der Waals surface area contributed by atoms with E-state index in [0.29, 0.717) is 21.6 Å². The lowest BCUT2D eigenvalue weighted by atomic mass is 10.0. The van der Waals surface area contributed by atoms with Gasteiger partial charge in [-0.25, -0.2) is 0 Å². The van der Waals surface area contributed by atoms with E-state index < -0.39 is 0 Å². The molecule has 0 aliphatic heterocycles. The summed E-state index contributed by atoms with van der Waals surface area (Å²) in [7, 11) is 0. The maximum Gasteiger partial charge on any atom is 0.176 e. The van der Waals surface area contributed by atoms with Crippen molar-refractivity contribution in [2.45, 2.75) is 0 Å². The molecule has 5 heteroatoms. The number of hydrogen-bond acceptors (Lipinski definition) is 3. The summed E-state index contributed by atoms with van der Waals surface area (Å²) in [5, 5.41) is 5.09. The highest BCUT2D eigenvalue weighted by Crippen LogP contribution is 2.37. The Balaban J connectivity index is 2.20. The minimum absolute atomic E-state index is 0.322. The molecule has 3 rings (SSSR count). The van der Waals surface area contributed by atoms with E-state index in [4.69, 9.17) is 33.5 Å². The molecule has 2 aromatic carbocycles. The summed E-state index contributed by atoms with van der Waals surface area (Å²) in [6.45, 7) is 0. The van der Waals surface area contributed by atoms with Gasteiger partial charge in [0.25, 0.3) is 0 Å². The molecule has 20 heavy (non-hydrogen) atoms. The van der Waals surface area contributed by atoms with E-state index in [1.165, 1.54) is 0 Å². The van der Waals surface area contributed by atoms with Crippen LogP contribution in [0.5, 0.6) is 0 Å². The number of nitrogens with zero attached hydrogens (tertiary/aromatic N) is 1. The van der Waals surface area contributed by atoms with Gasteiger partial charge in [-0.3, -0.25) is 0 Å². The second-order valence-electron chi connectivity index (χ2n) is 4.29. The molecule has 1 aromatic heterocycles. The largest absolute Gasteiger partial charge is 0.380 e. The third-order valence-corrected chi connectivity index (χ3v) is 3.39. The number of halogens is 2. The highest BCUT2D eigenvalue weighted by Gasteiger charge is 2.17. The lowest BCUT2D eigenvalue weighted by molar-refractivity contribution is 0.436. The maximum absolute atomic E-state index is 6.02. The molecule has 0 fully saturated rings. The molecule has 0 amide bonds. The smallest absolute Gasteiger partial charge is 0.176 e. The monoisotopic (exact) mass is 304 g/mol. The van der Waals surface area contributed by atoms with E-state index in [-0.39, 0.29) is 0 Å². The van der Waals surface area contributed by atoms with Crippen LogP contribution in [0, 0.1) is 0 Å². The van der Waals surface area contributed by atoms with E-state index in [2.05, 4.69) is 5.16 Å².